The lowest BCUT2D eigenvalue weighted by Gasteiger charge is -2.09. The Bertz CT molecular complexity index is 581. The molecule has 1 unspecified atom stereocenters. The highest BCUT2D eigenvalue weighted by Gasteiger charge is 2.32. The largest absolute Gasteiger partial charge is 0.481 e. The van der Waals surface area contributed by atoms with Crippen molar-refractivity contribution >= 4 is 5.78 Å². The zero-order valence-corrected chi connectivity index (χ0v) is 10.7. The van der Waals surface area contributed by atoms with Crippen molar-refractivity contribution in [1.29, 1.82) is 0 Å². The summed E-state index contributed by atoms with van der Waals surface area (Å²) in [6.07, 6.45) is 2.46. The number of benzene rings is 1. The molecular formula is C14H15N3O2. The van der Waals surface area contributed by atoms with Gasteiger partial charge in [-0.3, -0.25) is 4.79 Å². The van der Waals surface area contributed by atoms with Crippen molar-refractivity contribution in [3.8, 4) is 5.75 Å². The second kappa shape index (κ2) is 4.84. The summed E-state index contributed by atoms with van der Waals surface area (Å²) in [5.74, 6) is 1.09. The number of fused-ring (bicyclic) bond motifs is 1. The first-order valence-electron chi connectivity index (χ1n) is 6.46. The molecule has 0 saturated heterocycles. The Morgan fingerprint density at radius 1 is 1.47 bits per heavy atom. The van der Waals surface area contributed by atoms with E-state index in [1.165, 1.54) is 6.33 Å². The van der Waals surface area contributed by atoms with E-state index in [0.29, 0.717) is 18.8 Å². The van der Waals surface area contributed by atoms with E-state index < -0.39 is 6.10 Å². The third-order valence-electron chi connectivity index (χ3n) is 3.21. The predicted octanol–water partition coefficient (Wildman–Crippen LogP) is 1.87. The van der Waals surface area contributed by atoms with Crippen LogP contribution in [-0.4, -0.2) is 26.7 Å². The van der Waals surface area contributed by atoms with Crippen molar-refractivity contribution in [2.45, 2.75) is 32.4 Å². The Morgan fingerprint density at radius 2 is 2.32 bits per heavy atom. The molecule has 19 heavy (non-hydrogen) atoms. The average Bonchev–Trinajstić information content (AvgIpc) is 3.04. The zero-order chi connectivity index (χ0) is 13.2. The standard InChI is InChI=1S/C14H15N3O2/c1-2-7-17-14(15-9-16-17)13(18)12-8-10-5-3-4-6-11(10)19-12/h3-6,9,12H,2,7-8H2,1H3. The number of rotatable bonds is 4. The number of hydrogen-bond acceptors (Lipinski definition) is 4. The Balaban J connectivity index is 1.81. The quantitative estimate of drug-likeness (QED) is 0.785. The molecule has 0 amide bonds. The molecule has 0 N–H and O–H groups in total. The summed E-state index contributed by atoms with van der Waals surface area (Å²) < 4.78 is 7.34. The number of carbonyl (C=O) groups is 1. The molecule has 2 aromatic rings. The highest BCUT2D eigenvalue weighted by Crippen LogP contribution is 2.29. The highest BCUT2D eigenvalue weighted by atomic mass is 16.5. The SMILES string of the molecule is CCCn1ncnc1C(=O)C1Cc2ccccc2O1. The van der Waals surface area contributed by atoms with Crippen LogP contribution in [0.5, 0.6) is 5.75 Å². The molecule has 1 atom stereocenters. The van der Waals surface area contributed by atoms with Crippen LogP contribution in [0.4, 0.5) is 0 Å². The van der Waals surface area contributed by atoms with Crippen LogP contribution in [0.3, 0.4) is 0 Å². The molecule has 5 heteroatoms. The number of Topliss-reactive ketones (excluding diaryl/α,β-unsaturated/α-hetero) is 1. The van der Waals surface area contributed by atoms with Gasteiger partial charge in [-0.2, -0.15) is 5.10 Å². The number of aryl methyl sites for hydroxylation is 1. The summed E-state index contributed by atoms with van der Waals surface area (Å²) in [6.45, 7) is 2.73. The first kappa shape index (κ1) is 11.9. The van der Waals surface area contributed by atoms with Crippen LogP contribution in [0.15, 0.2) is 30.6 Å². The fraction of sp³-hybridized carbons (Fsp3) is 0.357. The number of ketones is 1. The van der Waals surface area contributed by atoms with Crippen LogP contribution in [-0.2, 0) is 13.0 Å². The van der Waals surface area contributed by atoms with Gasteiger partial charge >= 0.3 is 0 Å². The number of hydrogen-bond donors (Lipinski definition) is 0. The van der Waals surface area contributed by atoms with Crippen LogP contribution in [0.1, 0.15) is 29.5 Å². The van der Waals surface area contributed by atoms with Gasteiger partial charge in [-0.25, -0.2) is 9.67 Å². The van der Waals surface area contributed by atoms with Gasteiger partial charge in [0.15, 0.2) is 11.9 Å². The Labute approximate surface area is 111 Å². The van der Waals surface area contributed by atoms with Crippen molar-refractivity contribution in [2.24, 2.45) is 0 Å². The normalized spacial score (nSPS) is 17.0. The maximum Gasteiger partial charge on any atom is 0.240 e. The summed E-state index contributed by atoms with van der Waals surface area (Å²) in [6, 6.07) is 7.73. The number of para-hydroxylation sites is 1. The van der Waals surface area contributed by atoms with E-state index in [1.807, 2.05) is 31.2 Å². The summed E-state index contributed by atoms with van der Waals surface area (Å²) in [4.78, 5) is 16.5. The van der Waals surface area contributed by atoms with Crippen molar-refractivity contribution in [3.63, 3.8) is 0 Å². The number of aromatic nitrogens is 3. The summed E-state index contributed by atoms with van der Waals surface area (Å²) in [5.41, 5.74) is 1.07. The van der Waals surface area contributed by atoms with E-state index in [1.54, 1.807) is 4.68 Å². The van der Waals surface area contributed by atoms with Crippen molar-refractivity contribution < 1.29 is 9.53 Å². The van der Waals surface area contributed by atoms with Gasteiger partial charge in [0.2, 0.25) is 5.78 Å². The van der Waals surface area contributed by atoms with E-state index in [9.17, 15) is 4.79 Å². The molecule has 0 fully saturated rings. The zero-order valence-electron chi connectivity index (χ0n) is 10.7. The van der Waals surface area contributed by atoms with E-state index in [0.717, 1.165) is 17.7 Å². The van der Waals surface area contributed by atoms with E-state index in [-0.39, 0.29) is 5.78 Å². The van der Waals surface area contributed by atoms with Gasteiger partial charge in [0.05, 0.1) is 0 Å². The van der Waals surface area contributed by atoms with Gasteiger partial charge in [0.25, 0.3) is 0 Å². The number of ether oxygens (including phenoxy) is 1. The van der Waals surface area contributed by atoms with Crippen LogP contribution >= 0.6 is 0 Å². The molecule has 0 bridgehead atoms. The predicted molar refractivity (Wildman–Crippen MR) is 69.2 cm³/mol. The Morgan fingerprint density at radius 3 is 3.11 bits per heavy atom. The third-order valence-corrected chi connectivity index (χ3v) is 3.21. The topological polar surface area (TPSA) is 57.0 Å². The second-order valence-corrected chi connectivity index (χ2v) is 4.59. The average molecular weight is 257 g/mol. The van der Waals surface area contributed by atoms with E-state index in [2.05, 4.69) is 10.1 Å². The smallest absolute Gasteiger partial charge is 0.240 e. The molecule has 2 heterocycles. The molecule has 1 aliphatic rings. The van der Waals surface area contributed by atoms with Crippen molar-refractivity contribution in [2.75, 3.05) is 0 Å². The molecule has 3 rings (SSSR count). The molecule has 1 aliphatic heterocycles. The van der Waals surface area contributed by atoms with Crippen molar-refractivity contribution in [1.82, 2.24) is 14.8 Å². The monoisotopic (exact) mass is 257 g/mol. The summed E-state index contributed by atoms with van der Waals surface area (Å²) in [5, 5.41) is 4.08. The maximum atomic E-state index is 12.4. The molecule has 0 aliphatic carbocycles. The van der Waals surface area contributed by atoms with Crippen LogP contribution in [0.2, 0.25) is 0 Å². The van der Waals surface area contributed by atoms with Crippen LogP contribution < -0.4 is 4.74 Å². The van der Waals surface area contributed by atoms with Crippen LogP contribution in [0.25, 0.3) is 0 Å². The number of carbonyl (C=O) groups excluding carboxylic acids is 1. The molecule has 98 valence electrons. The molecular weight excluding hydrogens is 242 g/mol. The van der Waals surface area contributed by atoms with Gasteiger partial charge in [-0.15, -0.1) is 0 Å². The minimum absolute atomic E-state index is 0.0952. The Hall–Kier alpha value is -2.17. The third kappa shape index (κ3) is 2.12. The van der Waals surface area contributed by atoms with Gasteiger partial charge in [0.1, 0.15) is 12.1 Å². The van der Waals surface area contributed by atoms with E-state index in [4.69, 9.17) is 4.74 Å². The fourth-order valence-electron chi connectivity index (χ4n) is 2.30. The second-order valence-electron chi connectivity index (χ2n) is 4.59. The first-order valence-corrected chi connectivity index (χ1v) is 6.46. The van der Waals surface area contributed by atoms with Crippen LogP contribution in [0, 0.1) is 0 Å². The molecule has 0 saturated carbocycles. The number of nitrogens with zero attached hydrogens (tertiary/aromatic N) is 3. The molecule has 0 radical (unpaired) electrons. The van der Waals surface area contributed by atoms with Gasteiger partial charge in [-0.1, -0.05) is 25.1 Å². The highest BCUT2D eigenvalue weighted by molar-refractivity contribution is 5.97. The lowest BCUT2D eigenvalue weighted by atomic mass is 10.1. The minimum Gasteiger partial charge on any atom is -0.481 e. The lowest BCUT2D eigenvalue weighted by molar-refractivity contribution is 0.0807. The Kier molecular flexibility index (Phi) is 3.03. The van der Waals surface area contributed by atoms with Gasteiger partial charge in [-0.05, 0) is 18.1 Å². The van der Waals surface area contributed by atoms with Gasteiger partial charge < -0.3 is 4.74 Å². The summed E-state index contributed by atoms with van der Waals surface area (Å²) >= 11 is 0. The molecule has 0 spiro atoms. The van der Waals surface area contributed by atoms with Gasteiger partial charge in [0, 0.05) is 13.0 Å². The summed E-state index contributed by atoms with van der Waals surface area (Å²) in [7, 11) is 0. The molecule has 5 nitrogen and oxygen atoms in total. The maximum absolute atomic E-state index is 12.4. The first-order chi connectivity index (χ1) is 9.29. The molecule has 1 aromatic heterocycles. The van der Waals surface area contributed by atoms with E-state index >= 15 is 0 Å². The molecule has 1 aromatic carbocycles. The van der Waals surface area contributed by atoms with Crippen molar-refractivity contribution in [3.05, 3.63) is 42.0 Å². The fourth-order valence-corrected chi connectivity index (χ4v) is 2.30. The minimum atomic E-state index is -0.475. The lowest BCUT2D eigenvalue weighted by Crippen LogP contribution is -2.28.